The molecule has 0 aliphatic heterocycles. The summed E-state index contributed by atoms with van der Waals surface area (Å²) in [5, 5.41) is 0.285. The zero-order chi connectivity index (χ0) is 20.2. The Hall–Kier alpha value is -2.71. The van der Waals surface area contributed by atoms with Crippen LogP contribution in [0.2, 0.25) is 4.34 Å². The Morgan fingerprint density at radius 3 is 2.54 bits per heavy atom. The number of halogens is 3. The minimum atomic E-state index is -1.10. The molecule has 9 heteroatoms. The lowest BCUT2D eigenvalue weighted by Gasteiger charge is -2.25. The molecule has 3 aromatic heterocycles. The highest BCUT2D eigenvalue weighted by Gasteiger charge is 2.23. The van der Waals surface area contributed by atoms with Gasteiger partial charge in [-0.05, 0) is 42.1 Å². The first-order chi connectivity index (χ1) is 13.3. The van der Waals surface area contributed by atoms with Gasteiger partial charge in [-0.1, -0.05) is 11.6 Å². The number of benzene rings is 1. The van der Waals surface area contributed by atoms with Crippen molar-refractivity contribution < 1.29 is 13.6 Å². The van der Waals surface area contributed by atoms with Gasteiger partial charge >= 0.3 is 0 Å². The van der Waals surface area contributed by atoms with Crippen LogP contribution in [0.1, 0.15) is 29.0 Å². The van der Waals surface area contributed by atoms with Crippen LogP contribution in [0, 0.1) is 11.6 Å². The first kappa shape index (κ1) is 18.6. The number of aromatic nitrogens is 2. The Kier molecular flexibility index (Phi) is 4.47. The van der Waals surface area contributed by atoms with E-state index in [2.05, 4.69) is 9.97 Å². The van der Waals surface area contributed by atoms with Crippen LogP contribution in [0.4, 0.5) is 8.78 Å². The standard InChI is InChI=1S/C19H14ClF2N3O2S/c1-8(11-7-23-18(26)10-4-13(22)12(21)3-9(10)11)25(2)19(27)15-5-16-14(24-15)6-17(20)28-16/h3-8,24H,1-2H3,(H,23,26)/t8-/m1/s1. The largest absolute Gasteiger partial charge is 0.350 e. The highest BCUT2D eigenvalue weighted by atomic mass is 35.5. The van der Waals surface area contributed by atoms with Crippen LogP contribution < -0.4 is 5.56 Å². The summed E-state index contributed by atoms with van der Waals surface area (Å²) in [4.78, 5) is 31.9. The van der Waals surface area contributed by atoms with E-state index < -0.39 is 23.2 Å². The molecule has 3 heterocycles. The number of nitrogens with zero attached hydrogens (tertiary/aromatic N) is 1. The lowest BCUT2D eigenvalue weighted by molar-refractivity contribution is 0.0738. The molecular weight excluding hydrogens is 408 g/mol. The molecule has 0 aliphatic rings. The van der Waals surface area contributed by atoms with Crippen LogP contribution in [0.3, 0.4) is 0 Å². The average molecular weight is 422 g/mol. The maximum absolute atomic E-state index is 13.8. The summed E-state index contributed by atoms with van der Waals surface area (Å²) in [5.74, 6) is -2.44. The van der Waals surface area contributed by atoms with Crippen LogP contribution in [-0.4, -0.2) is 27.8 Å². The molecule has 0 fully saturated rings. The molecule has 1 atom stereocenters. The predicted octanol–water partition coefficient (Wildman–Crippen LogP) is 4.84. The van der Waals surface area contributed by atoms with E-state index in [1.54, 1.807) is 26.1 Å². The van der Waals surface area contributed by atoms with Gasteiger partial charge in [0, 0.05) is 13.2 Å². The van der Waals surface area contributed by atoms with Gasteiger partial charge in [-0.15, -0.1) is 11.3 Å². The first-order valence-electron chi connectivity index (χ1n) is 8.32. The number of carbonyl (C=O) groups excluding carboxylic acids is 1. The number of hydrogen-bond donors (Lipinski definition) is 2. The highest BCUT2D eigenvalue weighted by Crippen LogP contribution is 2.31. The number of rotatable bonds is 3. The van der Waals surface area contributed by atoms with E-state index in [0.29, 0.717) is 15.6 Å². The Bertz CT molecular complexity index is 1260. The normalized spacial score (nSPS) is 12.6. The molecule has 5 nitrogen and oxygen atoms in total. The number of aromatic amines is 2. The molecule has 28 heavy (non-hydrogen) atoms. The van der Waals surface area contributed by atoms with E-state index >= 15 is 0 Å². The summed E-state index contributed by atoms with van der Waals surface area (Å²) in [7, 11) is 1.60. The third-order valence-corrected chi connectivity index (χ3v) is 6.04. The van der Waals surface area contributed by atoms with Crippen molar-refractivity contribution >= 4 is 49.8 Å². The number of pyridine rings is 1. The fraction of sp³-hybridized carbons (Fsp3) is 0.158. The molecule has 4 aromatic rings. The Morgan fingerprint density at radius 2 is 1.86 bits per heavy atom. The molecule has 144 valence electrons. The van der Waals surface area contributed by atoms with Crippen molar-refractivity contribution in [2.24, 2.45) is 0 Å². The molecule has 1 amide bonds. The summed E-state index contributed by atoms with van der Waals surface area (Å²) in [5.41, 5.74) is 1.13. The van der Waals surface area contributed by atoms with Crippen molar-refractivity contribution in [1.82, 2.24) is 14.9 Å². The van der Waals surface area contributed by atoms with Gasteiger partial charge in [0.05, 0.1) is 26.0 Å². The average Bonchev–Trinajstić information content (AvgIpc) is 3.19. The lowest BCUT2D eigenvalue weighted by atomic mass is 10.0. The molecule has 0 radical (unpaired) electrons. The predicted molar refractivity (Wildman–Crippen MR) is 106 cm³/mol. The van der Waals surface area contributed by atoms with Gasteiger partial charge in [0.25, 0.3) is 11.5 Å². The quantitative estimate of drug-likeness (QED) is 0.497. The number of hydrogen-bond acceptors (Lipinski definition) is 3. The van der Waals surface area contributed by atoms with Crippen molar-refractivity contribution in [3.8, 4) is 0 Å². The summed E-state index contributed by atoms with van der Waals surface area (Å²) >= 11 is 7.32. The second-order valence-electron chi connectivity index (χ2n) is 6.49. The second-order valence-corrected chi connectivity index (χ2v) is 8.20. The SMILES string of the molecule is C[C@H](c1c[nH]c(=O)c2cc(F)c(F)cc12)N(C)C(=O)c1cc2sc(Cl)cc2[nH]1. The van der Waals surface area contributed by atoms with E-state index in [1.807, 2.05) is 0 Å². The van der Waals surface area contributed by atoms with Crippen molar-refractivity contribution in [2.75, 3.05) is 7.05 Å². The molecule has 2 N–H and O–H groups in total. The number of nitrogens with one attached hydrogen (secondary N) is 2. The van der Waals surface area contributed by atoms with Crippen LogP contribution >= 0.6 is 22.9 Å². The number of carbonyl (C=O) groups is 1. The summed E-state index contributed by atoms with van der Waals surface area (Å²) in [6.45, 7) is 1.74. The third-order valence-electron chi connectivity index (χ3n) is 4.83. The van der Waals surface area contributed by atoms with Gasteiger partial charge in [-0.3, -0.25) is 9.59 Å². The second kappa shape index (κ2) is 6.72. The van der Waals surface area contributed by atoms with Crippen LogP contribution in [-0.2, 0) is 0 Å². The Labute approximate surface area is 166 Å². The molecule has 0 bridgehead atoms. The van der Waals surface area contributed by atoms with Gasteiger partial charge < -0.3 is 14.9 Å². The minimum Gasteiger partial charge on any atom is -0.350 e. The van der Waals surface area contributed by atoms with Crippen molar-refractivity contribution in [2.45, 2.75) is 13.0 Å². The first-order valence-corrected chi connectivity index (χ1v) is 9.51. The van der Waals surface area contributed by atoms with Gasteiger partial charge in [0.15, 0.2) is 11.6 Å². The minimum absolute atomic E-state index is 0.0270. The number of H-pyrrole nitrogens is 2. The van der Waals surface area contributed by atoms with Gasteiger partial charge in [0.2, 0.25) is 0 Å². The maximum Gasteiger partial charge on any atom is 0.270 e. The molecule has 0 spiro atoms. The van der Waals surface area contributed by atoms with E-state index in [0.717, 1.165) is 22.3 Å². The van der Waals surface area contributed by atoms with Crippen LogP contribution in [0.5, 0.6) is 0 Å². The van der Waals surface area contributed by atoms with Crippen molar-refractivity contribution in [3.05, 3.63) is 68.0 Å². The maximum atomic E-state index is 13.8. The molecule has 1 aromatic carbocycles. The molecule has 4 rings (SSSR count). The zero-order valence-corrected chi connectivity index (χ0v) is 16.3. The van der Waals surface area contributed by atoms with E-state index in [9.17, 15) is 18.4 Å². The Balaban J connectivity index is 1.73. The van der Waals surface area contributed by atoms with Gasteiger partial charge in [0.1, 0.15) is 5.69 Å². The van der Waals surface area contributed by atoms with Crippen LogP contribution in [0.15, 0.2) is 35.3 Å². The van der Waals surface area contributed by atoms with Crippen molar-refractivity contribution in [1.29, 1.82) is 0 Å². The lowest BCUT2D eigenvalue weighted by Crippen LogP contribution is -2.30. The topological polar surface area (TPSA) is 69.0 Å². The fourth-order valence-electron chi connectivity index (χ4n) is 3.20. The molecule has 0 unspecified atom stereocenters. The van der Waals surface area contributed by atoms with Gasteiger partial charge in [-0.25, -0.2) is 8.78 Å². The smallest absolute Gasteiger partial charge is 0.270 e. The van der Waals surface area contributed by atoms with E-state index in [1.165, 1.54) is 22.4 Å². The number of thiophene rings is 1. The molecule has 0 saturated carbocycles. The summed E-state index contributed by atoms with van der Waals surface area (Å²) in [6, 6.07) is 4.80. The fourth-order valence-corrected chi connectivity index (χ4v) is 4.34. The van der Waals surface area contributed by atoms with E-state index in [-0.39, 0.29) is 16.7 Å². The third kappa shape index (κ3) is 2.98. The van der Waals surface area contributed by atoms with E-state index in [4.69, 9.17) is 11.6 Å². The monoisotopic (exact) mass is 421 g/mol. The number of fused-ring (bicyclic) bond motifs is 2. The molecular formula is C19H14ClF2N3O2S. The van der Waals surface area contributed by atoms with Crippen molar-refractivity contribution in [3.63, 3.8) is 0 Å². The Morgan fingerprint density at radius 1 is 1.18 bits per heavy atom. The van der Waals surface area contributed by atoms with Gasteiger partial charge in [-0.2, -0.15) is 0 Å². The number of amides is 1. The zero-order valence-electron chi connectivity index (χ0n) is 14.8. The highest BCUT2D eigenvalue weighted by molar-refractivity contribution is 7.22. The summed E-state index contributed by atoms with van der Waals surface area (Å²) < 4.78 is 28.8. The molecule has 0 aliphatic carbocycles. The molecule has 0 saturated heterocycles. The summed E-state index contributed by atoms with van der Waals surface area (Å²) in [6.07, 6.45) is 1.42. The van der Waals surface area contributed by atoms with Crippen LogP contribution in [0.25, 0.3) is 21.0 Å².